The highest BCUT2D eigenvalue weighted by atomic mass is 16.5. The quantitative estimate of drug-likeness (QED) is 0.620. The molecule has 1 fully saturated rings. The van der Waals surface area contributed by atoms with Gasteiger partial charge in [-0.3, -0.25) is 9.69 Å². The van der Waals surface area contributed by atoms with E-state index in [0.717, 1.165) is 16.9 Å². The summed E-state index contributed by atoms with van der Waals surface area (Å²) < 4.78 is 16.8. The molecule has 0 spiro atoms. The van der Waals surface area contributed by atoms with Gasteiger partial charge in [-0.1, -0.05) is 42.5 Å². The summed E-state index contributed by atoms with van der Waals surface area (Å²) in [5.41, 5.74) is 2.03. The van der Waals surface area contributed by atoms with Crippen LogP contribution in [0.3, 0.4) is 0 Å². The van der Waals surface area contributed by atoms with Crippen molar-refractivity contribution >= 4 is 5.97 Å². The summed E-state index contributed by atoms with van der Waals surface area (Å²) in [4.78, 5) is 14.3. The monoisotopic (exact) mass is 408 g/mol. The number of nitriles is 1. The Morgan fingerprint density at radius 2 is 1.90 bits per heavy atom. The fourth-order valence-corrected chi connectivity index (χ4v) is 3.90. The molecular formula is C24H28N2O4. The molecule has 2 aromatic rings. The first-order valence-corrected chi connectivity index (χ1v) is 10.2. The number of likely N-dealkylation sites (tertiary alicyclic amines) is 1. The molecule has 1 heterocycles. The molecule has 6 nitrogen and oxygen atoms in total. The lowest BCUT2D eigenvalue weighted by molar-refractivity contribution is -0.148. The van der Waals surface area contributed by atoms with Crippen LogP contribution in [-0.2, 0) is 20.9 Å². The van der Waals surface area contributed by atoms with E-state index in [0.29, 0.717) is 26.2 Å². The maximum Gasteiger partial charge on any atom is 0.320 e. The highest BCUT2D eigenvalue weighted by molar-refractivity contribution is 5.71. The lowest BCUT2D eigenvalue weighted by Gasteiger charge is -2.43. The Kier molecular flexibility index (Phi) is 7.83. The zero-order valence-corrected chi connectivity index (χ0v) is 17.5. The molecule has 6 heteroatoms. The second-order valence-electron chi connectivity index (χ2n) is 7.28. The SMILES string of the molecule is CCOC(=O)CN1CCC(C#N)C(OCc2ccccc2)C1c1ccc(OC)cc1. The molecule has 2 aromatic carbocycles. The molecule has 0 aromatic heterocycles. The van der Waals surface area contributed by atoms with Gasteiger partial charge in [0, 0.05) is 6.54 Å². The van der Waals surface area contributed by atoms with E-state index in [4.69, 9.17) is 14.2 Å². The first-order chi connectivity index (χ1) is 14.7. The molecule has 0 aliphatic carbocycles. The Hall–Kier alpha value is -2.88. The zero-order chi connectivity index (χ0) is 21.3. The third-order valence-corrected chi connectivity index (χ3v) is 5.37. The molecule has 3 unspecified atom stereocenters. The fraction of sp³-hybridized carbons (Fsp3) is 0.417. The number of nitrogens with zero attached hydrogens (tertiary/aromatic N) is 2. The van der Waals surface area contributed by atoms with Crippen LogP contribution in [0, 0.1) is 17.2 Å². The van der Waals surface area contributed by atoms with Crippen LogP contribution in [0.4, 0.5) is 0 Å². The molecule has 3 atom stereocenters. The van der Waals surface area contributed by atoms with Crippen LogP contribution >= 0.6 is 0 Å². The average molecular weight is 408 g/mol. The summed E-state index contributed by atoms with van der Waals surface area (Å²) in [6.07, 6.45) is 0.272. The van der Waals surface area contributed by atoms with Gasteiger partial charge >= 0.3 is 5.97 Å². The van der Waals surface area contributed by atoms with Gasteiger partial charge in [0.05, 0.1) is 51.0 Å². The van der Waals surface area contributed by atoms with Crippen molar-refractivity contribution in [1.82, 2.24) is 4.90 Å². The minimum Gasteiger partial charge on any atom is -0.497 e. The number of carbonyl (C=O) groups is 1. The normalized spacial score (nSPS) is 21.6. The summed E-state index contributed by atoms with van der Waals surface area (Å²) in [6.45, 7) is 3.33. The lowest BCUT2D eigenvalue weighted by atomic mass is 9.84. The Morgan fingerprint density at radius 1 is 1.17 bits per heavy atom. The first-order valence-electron chi connectivity index (χ1n) is 10.2. The first kappa shape index (κ1) is 21.8. The van der Waals surface area contributed by atoms with Crippen LogP contribution in [-0.4, -0.2) is 43.8 Å². The van der Waals surface area contributed by atoms with Crippen LogP contribution in [0.5, 0.6) is 5.75 Å². The number of piperidine rings is 1. The van der Waals surface area contributed by atoms with Crippen molar-refractivity contribution in [3.8, 4) is 11.8 Å². The van der Waals surface area contributed by atoms with Crippen LogP contribution in [0.1, 0.15) is 30.5 Å². The van der Waals surface area contributed by atoms with E-state index in [1.165, 1.54) is 0 Å². The fourth-order valence-electron chi connectivity index (χ4n) is 3.90. The second kappa shape index (κ2) is 10.8. The van der Waals surface area contributed by atoms with E-state index in [1.807, 2.05) is 54.6 Å². The van der Waals surface area contributed by atoms with E-state index in [2.05, 4.69) is 11.0 Å². The smallest absolute Gasteiger partial charge is 0.320 e. The van der Waals surface area contributed by atoms with Gasteiger partial charge in [-0.15, -0.1) is 0 Å². The highest BCUT2D eigenvalue weighted by Gasteiger charge is 2.41. The third-order valence-electron chi connectivity index (χ3n) is 5.37. The van der Waals surface area contributed by atoms with Crippen LogP contribution < -0.4 is 4.74 Å². The summed E-state index contributed by atoms with van der Waals surface area (Å²) in [5.74, 6) is 0.220. The largest absolute Gasteiger partial charge is 0.497 e. The summed E-state index contributed by atoms with van der Waals surface area (Å²) in [5, 5.41) is 9.80. The number of rotatable bonds is 8. The molecular weight excluding hydrogens is 380 g/mol. The number of benzene rings is 2. The van der Waals surface area contributed by atoms with Crippen molar-refractivity contribution < 1.29 is 19.0 Å². The number of hydrogen-bond donors (Lipinski definition) is 0. The van der Waals surface area contributed by atoms with Gasteiger partial charge in [-0.25, -0.2) is 0 Å². The number of methoxy groups -OCH3 is 1. The molecule has 1 aliphatic rings. The minimum absolute atomic E-state index is 0.161. The highest BCUT2D eigenvalue weighted by Crippen LogP contribution is 2.37. The maximum absolute atomic E-state index is 12.2. The van der Waals surface area contributed by atoms with E-state index in [-0.39, 0.29) is 30.6 Å². The van der Waals surface area contributed by atoms with Gasteiger partial charge in [-0.05, 0) is 36.6 Å². The molecule has 0 radical (unpaired) electrons. The molecule has 0 amide bonds. The predicted octanol–water partition coefficient (Wildman–Crippen LogP) is 3.73. The van der Waals surface area contributed by atoms with Crippen LogP contribution in [0.25, 0.3) is 0 Å². The number of carbonyl (C=O) groups excluding carboxylic acids is 1. The minimum atomic E-state index is -0.369. The van der Waals surface area contributed by atoms with Crippen LogP contribution in [0.15, 0.2) is 54.6 Å². The topological polar surface area (TPSA) is 71.8 Å². The standard InChI is InChI=1S/C24H28N2O4/c1-3-29-22(27)16-26-14-13-20(15-25)24(30-17-18-7-5-4-6-8-18)23(26)19-9-11-21(28-2)12-10-19/h4-12,20,23-24H,3,13-14,16-17H2,1-2H3. The van der Waals surface area contributed by atoms with Crippen molar-refractivity contribution in [3.05, 3.63) is 65.7 Å². The summed E-state index contributed by atoms with van der Waals surface area (Å²) >= 11 is 0. The van der Waals surface area contributed by atoms with Gasteiger partial charge in [0.2, 0.25) is 0 Å². The van der Waals surface area contributed by atoms with E-state index in [1.54, 1.807) is 14.0 Å². The molecule has 30 heavy (non-hydrogen) atoms. The molecule has 158 valence electrons. The Bertz CT molecular complexity index is 848. The Morgan fingerprint density at radius 3 is 2.53 bits per heavy atom. The van der Waals surface area contributed by atoms with E-state index in [9.17, 15) is 10.1 Å². The molecule has 0 bridgehead atoms. The Labute approximate surface area is 178 Å². The zero-order valence-electron chi connectivity index (χ0n) is 17.5. The second-order valence-corrected chi connectivity index (χ2v) is 7.28. The van der Waals surface area contributed by atoms with Crippen molar-refractivity contribution in [2.75, 3.05) is 26.8 Å². The van der Waals surface area contributed by atoms with Gasteiger partial charge in [-0.2, -0.15) is 5.26 Å². The summed E-state index contributed by atoms with van der Waals surface area (Å²) in [7, 11) is 1.63. The predicted molar refractivity (Wildman–Crippen MR) is 113 cm³/mol. The number of ether oxygens (including phenoxy) is 3. The van der Waals surface area contributed by atoms with Gasteiger partial charge < -0.3 is 14.2 Å². The van der Waals surface area contributed by atoms with Gasteiger partial charge in [0.15, 0.2) is 0 Å². The Balaban J connectivity index is 1.89. The van der Waals surface area contributed by atoms with Crippen molar-refractivity contribution in [1.29, 1.82) is 5.26 Å². The van der Waals surface area contributed by atoms with Crippen molar-refractivity contribution in [3.63, 3.8) is 0 Å². The van der Waals surface area contributed by atoms with Gasteiger partial charge in [0.25, 0.3) is 0 Å². The lowest BCUT2D eigenvalue weighted by Crippen LogP contribution is -2.49. The maximum atomic E-state index is 12.2. The summed E-state index contributed by atoms with van der Waals surface area (Å²) in [6, 6.07) is 19.8. The van der Waals surface area contributed by atoms with Gasteiger partial charge in [0.1, 0.15) is 5.75 Å². The average Bonchev–Trinajstić information content (AvgIpc) is 2.78. The molecule has 0 saturated carbocycles. The van der Waals surface area contributed by atoms with Crippen molar-refractivity contribution in [2.24, 2.45) is 5.92 Å². The van der Waals surface area contributed by atoms with E-state index >= 15 is 0 Å². The van der Waals surface area contributed by atoms with Crippen LogP contribution in [0.2, 0.25) is 0 Å². The van der Waals surface area contributed by atoms with E-state index < -0.39 is 0 Å². The number of esters is 1. The molecule has 1 aliphatic heterocycles. The third kappa shape index (κ3) is 5.38. The molecule has 1 saturated heterocycles. The molecule has 0 N–H and O–H groups in total. The molecule has 3 rings (SSSR count). The van der Waals surface area contributed by atoms with Crippen molar-refractivity contribution in [2.45, 2.75) is 32.1 Å². The number of hydrogen-bond acceptors (Lipinski definition) is 6.